The Balaban J connectivity index is 2.43. The summed E-state index contributed by atoms with van der Waals surface area (Å²) < 4.78 is 6.68. The number of carbonyl (C=O) groups excluding carboxylic acids is 2. The van der Waals surface area contributed by atoms with Crippen LogP contribution in [0.1, 0.15) is 38.9 Å². The summed E-state index contributed by atoms with van der Waals surface area (Å²) in [6, 6.07) is 9.02. The predicted molar refractivity (Wildman–Crippen MR) is 76.0 cm³/mol. The second kappa shape index (κ2) is 5.74. The highest BCUT2D eigenvalue weighted by Gasteiger charge is 2.22. The number of aromatic nitrogens is 1. The molecule has 0 unspecified atom stereocenters. The maximum absolute atomic E-state index is 12.5. The van der Waals surface area contributed by atoms with E-state index in [4.69, 9.17) is 4.74 Å². The Morgan fingerprint density at radius 1 is 1.20 bits per heavy atom. The minimum Gasteiger partial charge on any atom is -0.462 e. The molecule has 0 radical (unpaired) electrons. The number of ketones is 1. The Morgan fingerprint density at radius 3 is 2.45 bits per heavy atom. The van der Waals surface area contributed by atoms with Crippen LogP contribution in [0, 0.1) is 6.92 Å². The molecule has 0 amide bonds. The minimum atomic E-state index is -0.396. The van der Waals surface area contributed by atoms with Gasteiger partial charge in [-0.15, -0.1) is 0 Å². The van der Waals surface area contributed by atoms with Gasteiger partial charge < -0.3 is 9.30 Å². The van der Waals surface area contributed by atoms with Crippen molar-refractivity contribution in [1.82, 2.24) is 4.57 Å². The van der Waals surface area contributed by atoms with Crippen molar-refractivity contribution in [3.63, 3.8) is 0 Å². The molecule has 0 atom stereocenters. The molecule has 0 aliphatic heterocycles. The van der Waals surface area contributed by atoms with E-state index in [1.165, 1.54) is 0 Å². The molecule has 0 saturated heterocycles. The molecule has 1 heterocycles. The number of benzene rings is 1. The number of esters is 1. The fraction of sp³-hybridized carbons (Fsp3) is 0.250. The van der Waals surface area contributed by atoms with Gasteiger partial charge in [-0.2, -0.15) is 0 Å². The normalized spacial score (nSPS) is 10.3. The zero-order valence-electron chi connectivity index (χ0n) is 11.8. The summed E-state index contributed by atoms with van der Waals surface area (Å²) in [6.45, 7) is 3.84. The van der Waals surface area contributed by atoms with Crippen LogP contribution in [0.5, 0.6) is 0 Å². The zero-order chi connectivity index (χ0) is 14.7. The first-order chi connectivity index (χ1) is 9.56. The van der Waals surface area contributed by atoms with Gasteiger partial charge in [-0.25, -0.2) is 4.79 Å². The monoisotopic (exact) mass is 271 g/mol. The molecule has 0 saturated carbocycles. The summed E-state index contributed by atoms with van der Waals surface area (Å²) in [5.41, 5.74) is 2.21. The maximum atomic E-state index is 12.5. The highest BCUT2D eigenvalue weighted by atomic mass is 16.5. The molecule has 1 aromatic heterocycles. The SMILES string of the molecule is CCOC(=O)c1cn(C)c(C(=O)c2ccccc2)c1C. The number of ether oxygens (including phenoxy) is 1. The van der Waals surface area contributed by atoms with Crippen LogP contribution < -0.4 is 0 Å². The summed E-state index contributed by atoms with van der Waals surface area (Å²) in [5, 5.41) is 0. The lowest BCUT2D eigenvalue weighted by atomic mass is 10.0. The summed E-state index contributed by atoms with van der Waals surface area (Å²) >= 11 is 0. The third kappa shape index (κ3) is 2.50. The first-order valence-electron chi connectivity index (χ1n) is 6.49. The Bertz CT molecular complexity index is 641. The van der Waals surface area contributed by atoms with E-state index in [1.54, 1.807) is 43.8 Å². The summed E-state index contributed by atoms with van der Waals surface area (Å²) in [5.74, 6) is -0.492. The lowest BCUT2D eigenvalue weighted by Crippen LogP contribution is -2.09. The van der Waals surface area contributed by atoms with Crippen LogP contribution in [-0.4, -0.2) is 22.9 Å². The number of hydrogen-bond acceptors (Lipinski definition) is 3. The standard InChI is InChI=1S/C16H17NO3/c1-4-20-16(19)13-10-17(3)14(11(13)2)15(18)12-8-6-5-7-9-12/h5-10H,4H2,1-3H3. The smallest absolute Gasteiger partial charge is 0.339 e. The van der Waals surface area contributed by atoms with Crippen LogP contribution in [0.15, 0.2) is 36.5 Å². The molecule has 0 aliphatic rings. The fourth-order valence-corrected chi connectivity index (χ4v) is 2.22. The summed E-state index contributed by atoms with van der Waals surface area (Å²) in [4.78, 5) is 24.4. The molecular weight excluding hydrogens is 254 g/mol. The molecule has 1 aromatic carbocycles. The Kier molecular flexibility index (Phi) is 4.03. The van der Waals surface area contributed by atoms with E-state index in [0.29, 0.717) is 29.0 Å². The van der Waals surface area contributed by atoms with Crippen molar-refractivity contribution in [2.24, 2.45) is 7.05 Å². The molecule has 4 nitrogen and oxygen atoms in total. The molecule has 0 fully saturated rings. The average molecular weight is 271 g/mol. The lowest BCUT2D eigenvalue weighted by molar-refractivity contribution is 0.0525. The molecule has 2 rings (SSSR count). The molecule has 104 valence electrons. The second-order valence-corrected chi connectivity index (χ2v) is 4.54. The minimum absolute atomic E-state index is 0.0962. The third-order valence-corrected chi connectivity index (χ3v) is 3.18. The Morgan fingerprint density at radius 2 is 1.85 bits per heavy atom. The van der Waals surface area contributed by atoms with Gasteiger partial charge in [0.1, 0.15) is 0 Å². The topological polar surface area (TPSA) is 48.3 Å². The van der Waals surface area contributed by atoms with Crippen molar-refractivity contribution in [2.45, 2.75) is 13.8 Å². The highest BCUT2D eigenvalue weighted by Crippen LogP contribution is 2.20. The molecular formula is C16H17NO3. The lowest BCUT2D eigenvalue weighted by Gasteiger charge is -2.04. The van der Waals surface area contributed by atoms with Crippen LogP contribution in [0.3, 0.4) is 0 Å². The van der Waals surface area contributed by atoms with Gasteiger partial charge >= 0.3 is 5.97 Å². The van der Waals surface area contributed by atoms with Crippen molar-refractivity contribution >= 4 is 11.8 Å². The van der Waals surface area contributed by atoms with Crippen LogP contribution in [-0.2, 0) is 11.8 Å². The molecule has 4 heteroatoms. The molecule has 0 spiro atoms. The van der Waals surface area contributed by atoms with Crippen molar-refractivity contribution in [2.75, 3.05) is 6.61 Å². The number of hydrogen-bond donors (Lipinski definition) is 0. The van der Waals surface area contributed by atoms with E-state index in [-0.39, 0.29) is 5.78 Å². The van der Waals surface area contributed by atoms with Crippen molar-refractivity contribution < 1.29 is 14.3 Å². The first kappa shape index (κ1) is 14.1. The van der Waals surface area contributed by atoms with Gasteiger partial charge in [-0.05, 0) is 19.4 Å². The molecule has 0 aliphatic carbocycles. The Labute approximate surface area is 118 Å². The van der Waals surface area contributed by atoms with Crippen LogP contribution in [0.2, 0.25) is 0 Å². The third-order valence-electron chi connectivity index (χ3n) is 3.18. The first-order valence-corrected chi connectivity index (χ1v) is 6.49. The van der Waals surface area contributed by atoms with Gasteiger partial charge in [0, 0.05) is 18.8 Å². The Hall–Kier alpha value is -2.36. The largest absolute Gasteiger partial charge is 0.462 e. The van der Waals surface area contributed by atoms with Gasteiger partial charge in [-0.1, -0.05) is 30.3 Å². The molecule has 2 aromatic rings. The predicted octanol–water partition coefficient (Wildman–Crippen LogP) is 2.74. The van der Waals surface area contributed by atoms with Crippen LogP contribution in [0.4, 0.5) is 0 Å². The van der Waals surface area contributed by atoms with Crippen LogP contribution in [0.25, 0.3) is 0 Å². The summed E-state index contributed by atoms with van der Waals surface area (Å²) in [7, 11) is 1.76. The zero-order valence-corrected chi connectivity index (χ0v) is 11.8. The molecule has 20 heavy (non-hydrogen) atoms. The van der Waals surface area contributed by atoms with Crippen molar-refractivity contribution in [3.8, 4) is 0 Å². The number of carbonyl (C=O) groups is 2. The fourth-order valence-electron chi connectivity index (χ4n) is 2.22. The van der Waals surface area contributed by atoms with E-state index in [1.807, 2.05) is 18.2 Å². The molecule has 0 N–H and O–H groups in total. The molecule has 0 bridgehead atoms. The number of rotatable bonds is 4. The van der Waals surface area contributed by atoms with Gasteiger partial charge in [0.05, 0.1) is 17.9 Å². The van der Waals surface area contributed by atoms with E-state index >= 15 is 0 Å². The number of aryl methyl sites for hydroxylation is 1. The highest BCUT2D eigenvalue weighted by molar-refractivity contribution is 6.10. The van der Waals surface area contributed by atoms with E-state index in [9.17, 15) is 9.59 Å². The average Bonchev–Trinajstić information content (AvgIpc) is 2.75. The van der Waals surface area contributed by atoms with E-state index in [0.717, 1.165) is 0 Å². The second-order valence-electron chi connectivity index (χ2n) is 4.54. The van der Waals surface area contributed by atoms with Crippen molar-refractivity contribution in [3.05, 3.63) is 58.9 Å². The number of nitrogens with zero attached hydrogens (tertiary/aromatic N) is 1. The summed E-state index contributed by atoms with van der Waals surface area (Å²) in [6.07, 6.45) is 1.64. The van der Waals surface area contributed by atoms with Gasteiger partial charge in [0.25, 0.3) is 0 Å². The van der Waals surface area contributed by atoms with Gasteiger partial charge in [0.15, 0.2) is 0 Å². The van der Waals surface area contributed by atoms with E-state index in [2.05, 4.69) is 0 Å². The van der Waals surface area contributed by atoms with Crippen molar-refractivity contribution in [1.29, 1.82) is 0 Å². The maximum Gasteiger partial charge on any atom is 0.339 e. The van der Waals surface area contributed by atoms with Gasteiger partial charge in [-0.3, -0.25) is 4.79 Å². The van der Waals surface area contributed by atoms with E-state index < -0.39 is 5.97 Å². The quantitative estimate of drug-likeness (QED) is 0.634. The van der Waals surface area contributed by atoms with Gasteiger partial charge in [0.2, 0.25) is 5.78 Å². The van der Waals surface area contributed by atoms with Crippen LogP contribution >= 0.6 is 0 Å².